The van der Waals surface area contributed by atoms with Gasteiger partial charge in [-0.1, -0.05) is 24.6 Å². The van der Waals surface area contributed by atoms with E-state index in [1.807, 2.05) is 24.0 Å². The Morgan fingerprint density at radius 3 is 2.33 bits per heavy atom. The number of amides is 2. The third-order valence-corrected chi connectivity index (χ3v) is 6.27. The van der Waals surface area contributed by atoms with Crippen molar-refractivity contribution in [3.63, 3.8) is 0 Å². The van der Waals surface area contributed by atoms with Gasteiger partial charge in [0.2, 0.25) is 11.8 Å². The van der Waals surface area contributed by atoms with Crippen LogP contribution in [0.5, 0.6) is 0 Å². The first kappa shape index (κ1) is 20.2. The molecule has 2 amide bonds. The van der Waals surface area contributed by atoms with Crippen molar-refractivity contribution in [2.75, 3.05) is 38.0 Å². The molecule has 6 heteroatoms. The van der Waals surface area contributed by atoms with Gasteiger partial charge in [-0.2, -0.15) is 0 Å². The number of anilines is 1. The van der Waals surface area contributed by atoms with Crippen molar-refractivity contribution in [1.29, 1.82) is 0 Å². The predicted octanol–water partition coefficient (Wildman–Crippen LogP) is 3.56. The molecule has 1 aromatic rings. The van der Waals surface area contributed by atoms with Crippen molar-refractivity contribution in [2.45, 2.75) is 39.5 Å². The molecule has 0 spiro atoms. The van der Waals surface area contributed by atoms with E-state index in [9.17, 15) is 9.59 Å². The highest BCUT2D eigenvalue weighted by Crippen LogP contribution is 2.32. The van der Waals surface area contributed by atoms with Crippen LogP contribution < -0.4 is 5.32 Å². The van der Waals surface area contributed by atoms with Crippen molar-refractivity contribution < 1.29 is 9.59 Å². The molecule has 3 rings (SSSR count). The van der Waals surface area contributed by atoms with Crippen LogP contribution in [0.25, 0.3) is 0 Å². The summed E-state index contributed by atoms with van der Waals surface area (Å²) in [6.07, 6.45) is 3.16. The average molecular weight is 392 g/mol. The highest BCUT2D eigenvalue weighted by atomic mass is 35.5. The zero-order valence-electron chi connectivity index (χ0n) is 16.3. The smallest absolute Gasteiger partial charge is 0.227 e. The number of nitrogens with one attached hydrogen (secondary N) is 1. The molecule has 0 unspecified atom stereocenters. The van der Waals surface area contributed by atoms with Gasteiger partial charge in [-0.3, -0.25) is 9.59 Å². The largest absolute Gasteiger partial charge is 0.340 e. The fraction of sp³-hybridized carbons (Fsp3) is 0.619. The molecule has 2 fully saturated rings. The zero-order valence-corrected chi connectivity index (χ0v) is 17.1. The Bertz CT molecular complexity index is 678. The zero-order chi connectivity index (χ0) is 19.4. The first-order valence-corrected chi connectivity index (χ1v) is 10.4. The highest BCUT2D eigenvalue weighted by Gasteiger charge is 2.33. The van der Waals surface area contributed by atoms with Crippen LogP contribution in [0.15, 0.2) is 18.2 Å². The van der Waals surface area contributed by atoms with E-state index >= 15 is 0 Å². The van der Waals surface area contributed by atoms with Crippen molar-refractivity contribution >= 4 is 29.1 Å². The van der Waals surface area contributed by atoms with E-state index in [1.165, 1.54) is 0 Å². The molecule has 1 saturated heterocycles. The van der Waals surface area contributed by atoms with E-state index in [0.717, 1.165) is 69.7 Å². The Morgan fingerprint density at radius 1 is 1.07 bits per heavy atom. The number of aryl methyl sites for hydroxylation is 1. The minimum Gasteiger partial charge on any atom is -0.340 e. The third-order valence-electron chi connectivity index (χ3n) is 6.04. The predicted molar refractivity (Wildman–Crippen MR) is 109 cm³/mol. The minimum atomic E-state index is -0.0237. The number of carbonyl (C=O) groups is 2. The van der Waals surface area contributed by atoms with Gasteiger partial charge in [-0.25, -0.2) is 0 Å². The van der Waals surface area contributed by atoms with E-state index < -0.39 is 0 Å². The Kier molecular flexibility index (Phi) is 6.77. The number of nitrogens with zero attached hydrogens (tertiary/aromatic N) is 2. The molecule has 1 N–H and O–H groups in total. The fourth-order valence-electron chi connectivity index (χ4n) is 4.11. The molecule has 5 nitrogen and oxygen atoms in total. The van der Waals surface area contributed by atoms with Crippen molar-refractivity contribution in [3.8, 4) is 0 Å². The molecular weight excluding hydrogens is 362 g/mol. The summed E-state index contributed by atoms with van der Waals surface area (Å²) >= 11 is 6.04. The summed E-state index contributed by atoms with van der Waals surface area (Å²) < 4.78 is 0. The van der Waals surface area contributed by atoms with Gasteiger partial charge in [0.1, 0.15) is 0 Å². The van der Waals surface area contributed by atoms with Gasteiger partial charge in [-0.15, -0.1) is 0 Å². The standard InChI is InChI=1S/C21H30ClN3O2/c1-3-24-10-12-25(13-11-24)21(27)17-7-5-16(6-8-17)20(26)23-19-14-18(22)9-4-15(19)2/h4,9,14,16-17H,3,5-8,10-13H2,1-2H3,(H,23,26). The van der Waals surface area contributed by atoms with Crippen LogP contribution in [-0.2, 0) is 9.59 Å². The lowest BCUT2D eigenvalue weighted by Crippen LogP contribution is -2.50. The quantitative estimate of drug-likeness (QED) is 0.853. The second kappa shape index (κ2) is 9.07. The first-order valence-electron chi connectivity index (χ1n) is 10.1. The van der Waals surface area contributed by atoms with Crippen LogP contribution in [0.1, 0.15) is 38.2 Å². The molecule has 0 radical (unpaired) electrons. The molecule has 0 atom stereocenters. The van der Waals surface area contributed by atoms with Gasteiger partial charge >= 0.3 is 0 Å². The lowest BCUT2D eigenvalue weighted by molar-refractivity contribution is -0.139. The number of piperazine rings is 1. The van der Waals surface area contributed by atoms with E-state index in [2.05, 4.69) is 17.1 Å². The lowest BCUT2D eigenvalue weighted by Gasteiger charge is -2.37. The molecule has 27 heavy (non-hydrogen) atoms. The van der Waals surface area contributed by atoms with Crippen molar-refractivity contribution in [1.82, 2.24) is 9.80 Å². The third kappa shape index (κ3) is 5.02. The second-order valence-electron chi connectivity index (χ2n) is 7.76. The molecule has 1 aliphatic carbocycles. The maximum atomic E-state index is 12.8. The molecule has 1 saturated carbocycles. The van der Waals surface area contributed by atoms with E-state index in [0.29, 0.717) is 5.02 Å². The van der Waals surface area contributed by atoms with Crippen LogP contribution in [0.2, 0.25) is 5.02 Å². The summed E-state index contributed by atoms with van der Waals surface area (Å²) in [6.45, 7) is 8.78. The van der Waals surface area contributed by atoms with Crippen molar-refractivity contribution in [2.24, 2.45) is 11.8 Å². The summed E-state index contributed by atoms with van der Waals surface area (Å²) in [5.41, 5.74) is 1.78. The van der Waals surface area contributed by atoms with Gasteiger partial charge in [0.15, 0.2) is 0 Å². The van der Waals surface area contributed by atoms with Crippen LogP contribution in [0.3, 0.4) is 0 Å². The SMILES string of the molecule is CCN1CCN(C(=O)C2CCC(C(=O)Nc3cc(Cl)ccc3C)CC2)CC1. The van der Waals surface area contributed by atoms with Gasteiger partial charge < -0.3 is 15.1 Å². The molecule has 0 aromatic heterocycles. The lowest BCUT2D eigenvalue weighted by atomic mass is 9.80. The molecule has 1 aliphatic heterocycles. The number of rotatable bonds is 4. The van der Waals surface area contributed by atoms with Gasteiger partial charge in [-0.05, 0) is 56.8 Å². The number of halogens is 1. The van der Waals surface area contributed by atoms with Gasteiger partial charge in [0.05, 0.1) is 0 Å². The van der Waals surface area contributed by atoms with Crippen LogP contribution in [0, 0.1) is 18.8 Å². The molecule has 0 bridgehead atoms. The number of benzene rings is 1. The van der Waals surface area contributed by atoms with Crippen LogP contribution in [0.4, 0.5) is 5.69 Å². The van der Waals surface area contributed by atoms with Crippen LogP contribution in [-0.4, -0.2) is 54.3 Å². The summed E-state index contributed by atoms with van der Waals surface area (Å²) in [7, 11) is 0. The Hall–Kier alpha value is -1.59. The number of carbonyl (C=O) groups excluding carboxylic acids is 2. The van der Waals surface area contributed by atoms with E-state index in [1.54, 1.807) is 6.07 Å². The molecular formula is C21H30ClN3O2. The molecule has 1 heterocycles. The summed E-state index contributed by atoms with van der Waals surface area (Å²) in [5, 5.41) is 3.63. The number of hydrogen-bond acceptors (Lipinski definition) is 3. The normalized spacial score (nSPS) is 23.9. The maximum absolute atomic E-state index is 12.8. The summed E-state index contributed by atoms with van der Waals surface area (Å²) in [5.74, 6) is 0.387. The number of likely N-dealkylation sites (N-methyl/N-ethyl adjacent to an activating group) is 1. The van der Waals surface area contributed by atoms with Crippen LogP contribution >= 0.6 is 11.6 Å². The first-order chi connectivity index (χ1) is 13.0. The summed E-state index contributed by atoms with van der Waals surface area (Å²) in [4.78, 5) is 29.8. The average Bonchev–Trinajstić information content (AvgIpc) is 2.70. The van der Waals surface area contributed by atoms with Crippen molar-refractivity contribution in [3.05, 3.63) is 28.8 Å². The minimum absolute atomic E-state index is 0.0237. The van der Waals surface area contributed by atoms with Gasteiger partial charge in [0.25, 0.3) is 0 Å². The second-order valence-corrected chi connectivity index (χ2v) is 8.19. The maximum Gasteiger partial charge on any atom is 0.227 e. The molecule has 1 aromatic carbocycles. The fourth-order valence-corrected chi connectivity index (χ4v) is 4.28. The van der Waals surface area contributed by atoms with Gasteiger partial charge in [0, 0.05) is 48.7 Å². The monoisotopic (exact) mass is 391 g/mol. The Balaban J connectivity index is 1.49. The summed E-state index contributed by atoms with van der Waals surface area (Å²) in [6, 6.07) is 5.52. The van der Waals surface area contributed by atoms with E-state index in [4.69, 9.17) is 11.6 Å². The molecule has 148 valence electrons. The van der Waals surface area contributed by atoms with E-state index in [-0.39, 0.29) is 23.7 Å². The Labute approximate surface area is 167 Å². The Morgan fingerprint density at radius 2 is 1.70 bits per heavy atom. The topological polar surface area (TPSA) is 52.7 Å². The highest BCUT2D eigenvalue weighted by molar-refractivity contribution is 6.31. The number of hydrogen-bond donors (Lipinski definition) is 1. The molecule has 2 aliphatic rings.